The number of carboxylic acids is 1. The Labute approximate surface area is 163 Å². The highest BCUT2D eigenvalue weighted by atomic mass is 16.5. The molecule has 7 heteroatoms. The van der Waals surface area contributed by atoms with Crippen molar-refractivity contribution in [3.05, 3.63) is 53.9 Å². The third kappa shape index (κ3) is 5.47. The maximum atomic E-state index is 10.8. The summed E-state index contributed by atoms with van der Waals surface area (Å²) >= 11 is 0. The van der Waals surface area contributed by atoms with Crippen molar-refractivity contribution in [1.29, 1.82) is 0 Å². The van der Waals surface area contributed by atoms with Gasteiger partial charge in [0.15, 0.2) is 5.58 Å². The fourth-order valence-electron chi connectivity index (χ4n) is 2.79. The minimum absolute atomic E-state index is 0.0695. The van der Waals surface area contributed by atoms with E-state index in [0.29, 0.717) is 50.1 Å². The van der Waals surface area contributed by atoms with Crippen LogP contribution in [-0.4, -0.2) is 35.8 Å². The zero-order valence-corrected chi connectivity index (χ0v) is 15.8. The molecule has 0 unspecified atom stereocenters. The molecule has 0 spiro atoms. The fourth-order valence-corrected chi connectivity index (χ4v) is 2.79. The van der Waals surface area contributed by atoms with Crippen molar-refractivity contribution in [2.45, 2.75) is 26.3 Å². The Hall–Kier alpha value is -3.06. The first-order chi connectivity index (χ1) is 13.7. The Bertz CT molecular complexity index is 889. The van der Waals surface area contributed by atoms with Crippen molar-refractivity contribution < 1.29 is 23.8 Å². The number of fused-ring (bicyclic) bond motifs is 1. The monoisotopic (exact) mass is 384 g/mol. The molecular weight excluding hydrogens is 360 g/mol. The van der Waals surface area contributed by atoms with E-state index in [2.05, 4.69) is 10.3 Å². The average molecular weight is 384 g/mol. The SMILES string of the molecule is CCOc1cc(OCCNCc2nc3ccccc3o2)ccc1CCC(=O)O. The quantitative estimate of drug-likeness (QED) is 0.489. The van der Waals surface area contributed by atoms with Gasteiger partial charge in [-0.25, -0.2) is 4.98 Å². The second-order valence-corrected chi connectivity index (χ2v) is 6.20. The number of nitrogens with one attached hydrogen (secondary N) is 1. The van der Waals surface area contributed by atoms with Gasteiger partial charge in [0, 0.05) is 19.0 Å². The van der Waals surface area contributed by atoms with Gasteiger partial charge in [0.2, 0.25) is 5.89 Å². The number of hydrogen-bond acceptors (Lipinski definition) is 6. The van der Waals surface area contributed by atoms with E-state index in [1.807, 2.05) is 49.4 Å². The Morgan fingerprint density at radius 1 is 1.21 bits per heavy atom. The number of carbonyl (C=O) groups is 1. The summed E-state index contributed by atoms with van der Waals surface area (Å²) in [6, 6.07) is 13.2. The molecule has 0 amide bonds. The van der Waals surface area contributed by atoms with Crippen molar-refractivity contribution in [2.24, 2.45) is 0 Å². The van der Waals surface area contributed by atoms with Gasteiger partial charge in [0.1, 0.15) is 23.6 Å². The van der Waals surface area contributed by atoms with Crippen LogP contribution in [0.1, 0.15) is 24.8 Å². The van der Waals surface area contributed by atoms with Gasteiger partial charge in [-0.2, -0.15) is 0 Å². The van der Waals surface area contributed by atoms with Gasteiger partial charge in [-0.3, -0.25) is 4.79 Å². The number of aryl methyl sites for hydroxylation is 1. The number of carboxylic acid groups (broad SMARTS) is 1. The lowest BCUT2D eigenvalue weighted by molar-refractivity contribution is -0.136. The Morgan fingerprint density at radius 3 is 2.86 bits per heavy atom. The van der Waals surface area contributed by atoms with Gasteiger partial charge in [0.05, 0.1) is 13.2 Å². The predicted octanol–water partition coefficient (Wildman–Crippen LogP) is 3.41. The highest BCUT2D eigenvalue weighted by Crippen LogP contribution is 2.26. The molecule has 1 heterocycles. The summed E-state index contributed by atoms with van der Waals surface area (Å²) in [5, 5.41) is 12.1. The van der Waals surface area contributed by atoms with Crippen LogP contribution < -0.4 is 14.8 Å². The number of benzene rings is 2. The van der Waals surface area contributed by atoms with Crippen LogP contribution in [0.3, 0.4) is 0 Å². The van der Waals surface area contributed by atoms with Gasteiger partial charge in [-0.1, -0.05) is 18.2 Å². The molecule has 0 radical (unpaired) electrons. The van der Waals surface area contributed by atoms with Crippen LogP contribution in [0.4, 0.5) is 0 Å². The number of oxazole rings is 1. The predicted molar refractivity (Wildman–Crippen MR) is 105 cm³/mol. The number of rotatable bonds is 11. The molecule has 28 heavy (non-hydrogen) atoms. The highest BCUT2D eigenvalue weighted by Gasteiger charge is 2.09. The van der Waals surface area contributed by atoms with Crippen LogP contribution >= 0.6 is 0 Å². The Kier molecular flexibility index (Phi) is 6.86. The maximum Gasteiger partial charge on any atom is 0.303 e. The van der Waals surface area contributed by atoms with E-state index < -0.39 is 5.97 Å². The summed E-state index contributed by atoms with van der Waals surface area (Å²) in [4.78, 5) is 15.2. The van der Waals surface area contributed by atoms with E-state index in [1.165, 1.54) is 0 Å². The molecule has 0 fully saturated rings. The van der Waals surface area contributed by atoms with Crippen LogP contribution in [0, 0.1) is 0 Å². The van der Waals surface area contributed by atoms with E-state index in [9.17, 15) is 4.79 Å². The number of aliphatic carboxylic acids is 1. The first-order valence-corrected chi connectivity index (χ1v) is 9.31. The van der Waals surface area contributed by atoms with Crippen molar-refractivity contribution >= 4 is 17.1 Å². The Balaban J connectivity index is 1.47. The zero-order chi connectivity index (χ0) is 19.8. The van der Waals surface area contributed by atoms with E-state index in [0.717, 1.165) is 16.7 Å². The van der Waals surface area contributed by atoms with Crippen LogP contribution in [0.2, 0.25) is 0 Å². The number of nitrogens with zero attached hydrogens (tertiary/aromatic N) is 1. The smallest absolute Gasteiger partial charge is 0.303 e. The maximum absolute atomic E-state index is 10.8. The normalized spacial score (nSPS) is 10.9. The molecule has 2 aromatic carbocycles. The zero-order valence-electron chi connectivity index (χ0n) is 15.8. The number of hydrogen-bond donors (Lipinski definition) is 2. The van der Waals surface area contributed by atoms with E-state index in [4.69, 9.17) is 19.0 Å². The minimum atomic E-state index is -0.826. The topological polar surface area (TPSA) is 93.8 Å². The number of ether oxygens (including phenoxy) is 2. The molecule has 148 valence electrons. The summed E-state index contributed by atoms with van der Waals surface area (Å²) in [5.41, 5.74) is 2.50. The summed E-state index contributed by atoms with van der Waals surface area (Å²) in [7, 11) is 0. The van der Waals surface area contributed by atoms with E-state index >= 15 is 0 Å². The van der Waals surface area contributed by atoms with Gasteiger partial charge in [0.25, 0.3) is 0 Å². The van der Waals surface area contributed by atoms with Crippen LogP contribution in [0.25, 0.3) is 11.1 Å². The molecule has 3 aromatic rings. The molecule has 0 bridgehead atoms. The van der Waals surface area contributed by atoms with Gasteiger partial charge in [-0.05, 0) is 37.1 Å². The van der Waals surface area contributed by atoms with E-state index in [1.54, 1.807) is 0 Å². The Morgan fingerprint density at radius 2 is 2.07 bits per heavy atom. The summed E-state index contributed by atoms with van der Waals surface area (Å²) in [5.74, 6) is 1.17. The minimum Gasteiger partial charge on any atom is -0.493 e. The lowest BCUT2D eigenvalue weighted by atomic mass is 10.1. The molecular formula is C21H24N2O5. The molecule has 3 rings (SSSR count). The van der Waals surface area contributed by atoms with Gasteiger partial charge < -0.3 is 24.3 Å². The fraction of sp³-hybridized carbons (Fsp3) is 0.333. The van der Waals surface area contributed by atoms with Crippen molar-refractivity contribution in [3.63, 3.8) is 0 Å². The molecule has 0 aliphatic heterocycles. The number of aromatic nitrogens is 1. The summed E-state index contributed by atoms with van der Waals surface area (Å²) < 4.78 is 17.0. The average Bonchev–Trinajstić information content (AvgIpc) is 3.10. The summed E-state index contributed by atoms with van der Waals surface area (Å²) in [6.45, 7) is 4.03. The molecule has 7 nitrogen and oxygen atoms in total. The van der Waals surface area contributed by atoms with Crippen LogP contribution in [-0.2, 0) is 17.8 Å². The third-order valence-corrected chi connectivity index (χ3v) is 4.11. The molecule has 2 N–H and O–H groups in total. The standard InChI is InChI=1S/C21H24N2O5/c1-2-26-19-13-16(9-7-15(19)8-10-21(24)25)27-12-11-22-14-20-23-17-5-3-4-6-18(17)28-20/h3-7,9,13,22H,2,8,10-12,14H2,1H3,(H,24,25). The van der Waals surface area contributed by atoms with Gasteiger partial charge in [-0.15, -0.1) is 0 Å². The third-order valence-electron chi connectivity index (χ3n) is 4.11. The number of para-hydroxylation sites is 2. The lowest BCUT2D eigenvalue weighted by Crippen LogP contribution is -2.20. The van der Waals surface area contributed by atoms with Crippen molar-refractivity contribution in [1.82, 2.24) is 10.3 Å². The second kappa shape index (κ2) is 9.75. The molecule has 0 saturated heterocycles. The molecule has 1 aromatic heterocycles. The molecule has 0 aliphatic carbocycles. The summed E-state index contributed by atoms with van der Waals surface area (Å²) in [6.07, 6.45) is 0.497. The molecule has 0 saturated carbocycles. The lowest BCUT2D eigenvalue weighted by Gasteiger charge is -2.13. The van der Waals surface area contributed by atoms with Gasteiger partial charge >= 0.3 is 5.97 Å². The van der Waals surface area contributed by atoms with Crippen LogP contribution in [0.15, 0.2) is 46.9 Å². The first-order valence-electron chi connectivity index (χ1n) is 9.31. The van der Waals surface area contributed by atoms with Crippen molar-refractivity contribution in [3.8, 4) is 11.5 Å². The van der Waals surface area contributed by atoms with Crippen molar-refractivity contribution in [2.75, 3.05) is 19.8 Å². The largest absolute Gasteiger partial charge is 0.493 e. The highest BCUT2D eigenvalue weighted by molar-refractivity contribution is 5.72. The van der Waals surface area contributed by atoms with Crippen LogP contribution in [0.5, 0.6) is 11.5 Å². The first kappa shape index (κ1) is 19.7. The molecule has 0 aliphatic rings. The van der Waals surface area contributed by atoms with E-state index in [-0.39, 0.29) is 6.42 Å². The molecule has 0 atom stereocenters. The second-order valence-electron chi connectivity index (χ2n) is 6.20.